The van der Waals surface area contributed by atoms with Gasteiger partial charge in [0.1, 0.15) is 5.69 Å². The zero-order valence-electron chi connectivity index (χ0n) is 9.90. The highest BCUT2D eigenvalue weighted by Crippen LogP contribution is 2.15. The van der Waals surface area contributed by atoms with Crippen LogP contribution in [0.2, 0.25) is 5.02 Å². The molecule has 0 saturated heterocycles. The molecule has 1 amide bonds. The van der Waals surface area contributed by atoms with Crippen molar-refractivity contribution in [2.75, 3.05) is 13.2 Å². The Bertz CT molecular complexity index is 391. The maximum Gasteiger partial charge on any atom is 0.268 e. The Balaban J connectivity index is 2.88. The molecule has 5 nitrogen and oxygen atoms in total. The van der Waals surface area contributed by atoms with E-state index in [1.807, 2.05) is 0 Å². The van der Waals surface area contributed by atoms with Crippen molar-refractivity contribution < 1.29 is 15.0 Å². The maximum atomic E-state index is 12.0. The van der Waals surface area contributed by atoms with Crippen LogP contribution in [0.5, 0.6) is 0 Å². The zero-order valence-corrected chi connectivity index (χ0v) is 10.7. The predicted molar refractivity (Wildman–Crippen MR) is 65.1 cm³/mol. The molecule has 0 aromatic carbocycles. The fourth-order valence-electron chi connectivity index (χ4n) is 1.50. The quantitative estimate of drug-likeness (QED) is 0.724. The van der Waals surface area contributed by atoms with E-state index in [1.165, 1.54) is 6.07 Å². The summed E-state index contributed by atoms with van der Waals surface area (Å²) in [5.74, 6) is -0.371. The lowest BCUT2D eigenvalue weighted by molar-refractivity contribution is 0.0646. The first-order chi connectivity index (χ1) is 7.98. The van der Waals surface area contributed by atoms with Crippen LogP contribution in [0.25, 0.3) is 0 Å². The molecular formula is C11H17ClN2O3. The van der Waals surface area contributed by atoms with Crippen molar-refractivity contribution in [3.63, 3.8) is 0 Å². The number of hydrogen-bond acceptors (Lipinski definition) is 3. The summed E-state index contributed by atoms with van der Waals surface area (Å²) in [5.41, 5.74) is -0.608. The lowest BCUT2D eigenvalue weighted by Gasteiger charge is -2.29. The molecule has 3 N–H and O–H groups in total. The number of aliphatic hydroxyl groups excluding tert-OH is 2. The van der Waals surface area contributed by atoms with Crippen LogP contribution in [0.15, 0.2) is 12.3 Å². The number of hydrogen-bond donors (Lipinski definition) is 3. The number of nitrogens with one attached hydrogen (secondary N) is 1. The molecule has 1 heterocycles. The average Bonchev–Trinajstić information content (AvgIpc) is 2.65. The van der Waals surface area contributed by atoms with Crippen molar-refractivity contribution in [3.8, 4) is 0 Å². The van der Waals surface area contributed by atoms with Crippen molar-refractivity contribution in [1.82, 2.24) is 9.88 Å². The third-order valence-electron chi connectivity index (χ3n) is 2.87. The molecule has 0 aliphatic heterocycles. The SMILES string of the molecule is CCC(CO)(CO)NC(=O)c1cc(Cl)cn1C. The Labute approximate surface area is 105 Å². The monoisotopic (exact) mass is 260 g/mol. The maximum absolute atomic E-state index is 12.0. The second-order valence-corrected chi connectivity index (χ2v) is 4.50. The van der Waals surface area contributed by atoms with E-state index in [9.17, 15) is 15.0 Å². The number of aliphatic hydroxyl groups is 2. The second kappa shape index (κ2) is 5.53. The standard InChI is InChI=1S/C11H17ClN2O3/c1-3-11(6-15,7-16)13-10(17)9-4-8(12)5-14(9)2/h4-5,15-16H,3,6-7H2,1-2H3,(H,13,17). The molecule has 0 fully saturated rings. The largest absolute Gasteiger partial charge is 0.394 e. The van der Waals surface area contributed by atoms with Crippen LogP contribution >= 0.6 is 11.6 Å². The van der Waals surface area contributed by atoms with E-state index >= 15 is 0 Å². The van der Waals surface area contributed by atoms with Gasteiger partial charge in [0.15, 0.2) is 0 Å². The number of aromatic nitrogens is 1. The topological polar surface area (TPSA) is 74.5 Å². The third kappa shape index (κ3) is 3.00. The smallest absolute Gasteiger partial charge is 0.268 e. The summed E-state index contributed by atoms with van der Waals surface area (Å²) in [4.78, 5) is 12.0. The molecule has 0 aliphatic carbocycles. The van der Waals surface area contributed by atoms with Gasteiger partial charge in [-0.2, -0.15) is 0 Å². The van der Waals surface area contributed by atoms with Crippen molar-refractivity contribution in [2.45, 2.75) is 18.9 Å². The van der Waals surface area contributed by atoms with Gasteiger partial charge in [0.05, 0.1) is 23.8 Å². The van der Waals surface area contributed by atoms with Gasteiger partial charge >= 0.3 is 0 Å². The summed E-state index contributed by atoms with van der Waals surface area (Å²) in [7, 11) is 1.70. The van der Waals surface area contributed by atoms with Gasteiger partial charge in [-0.3, -0.25) is 4.79 Å². The summed E-state index contributed by atoms with van der Waals surface area (Å²) in [6, 6.07) is 1.53. The number of amides is 1. The van der Waals surface area contributed by atoms with Crippen LogP contribution in [0.1, 0.15) is 23.8 Å². The highest BCUT2D eigenvalue weighted by atomic mass is 35.5. The first-order valence-electron chi connectivity index (χ1n) is 5.34. The molecule has 0 atom stereocenters. The Morgan fingerprint density at radius 3 is 2.47 bits per heavy atom. The molecule has 96 valence electrons. The van der Waals surface area contributed by atoms with Gasteiger partial charge in [0, 0.05) is 13.2 Å². The van der Waals surface area contributed by atoms with E-state index < -0.39 is 5.54 Å². The van der Waals surface area contributed by atoms with Gasteiger partial charge in [0.25, 0.3) is 5.91 Å². The number of carbonyl (C=O) groups excluding carboxylic acids is 1. The van der Waals surface area contributed by atoms with Crippen LogP contribution < -0.4 is 5.32 Å². The summed E-state index contributed by atoms with van der Waals surface area (Å²) in [5, 5.41) is 21.6. The number of aryl methyl sites for hydroxylation is 1. The average molecular weight is 261 g/mol. The molecule has 0 saturated carbocycles. The minimum Gasteiger partial charge on any atom is -0.394 e. The van der Waals surface area contributed by atoms with Gasteiger partial charge in [-0.25, -0.2) is 0 Å². The van der Waals surface area contributed by atoms with Gasteiger partial charge in [0.2, 0.25) is 0 Å². The van der Waals surface area contributed by atoms with Crippen molar-refractivity contribution >= 4 is 17.5 Å². The second-order valence-electron chi connectivity index (χ2n) is 4.06. The molecular weight excluding hydrogens is 244 g/mol. The normalized spacial score (nSPS) is 11.6. The van der Waals surface area contributed by atoms with Gasteiger partial charge in [-0.15, -0.1) is 0 Å². The third-order valence-corrected chi connectivity index (χ3v) is 3.07. The van der Waals surface area contributed by atoms with E-state index in [-0.39, 0.29) is 19.1 Å². The van der Waals surface area contributed by atoms with Crippen LogP contribution in [-0.2, 0) is 7.05 Å². The Hall–Kier alpha value is -1.04. The van der Waals surface area contributed by atoms with E-state index in [1.54, 1.807) is 24.7 Å². The number of nitrogens with zero attached hydrogens (tertiary/aromatic N) is 1. The van der Waals surface area contributed by atoms with Gasteiger partial charge < -0.3 is 20.1 Å². The molecule has 1 rings (SSSR count). The first kappa shape index (κ1) is 14.0. The van der Waals surface area contributed by atoms with Gasteiger partial charge in [-0.05, 0) is 12.5 Å². The summed E-state index contributed by atoms with van der Waals surface area (Å²) < 4.78 is 1.59. The molecule has 0 radical (unpaired) electrons. The number of carbonyl (C=O) groups is 1. The summed E-state index contributed by atoms with van der Waals surface area (Å²) >= 11 is 5.78. The van der Waals surface area contributed by atoms with E-state index in [2.05, 4.69) is 5.32 Å². The molecule has 17 heavy (non-hydrogen) atoms. The molecule has 1 aromatic heterocycles. The predicted octanol–water partition coefficient (Wildman–Crippen LogP) is 0.542. The van der Waals surface area contributed by atoms with E-state index in [0.29, 0.717) is 17.1 Å². The van der Waals surface area contributed by atoms with Crippen molar-refractivity contribution in [3.05, 3.63) is 23.0 Å². The van der Waals surface area contributed by atoms with Gasteiger partial charge in [-0.1, -0.05) is 18.5 Å². The van der Waals surface area contributed by atoms with E-state index in [4.69, 9.17) is 11.6 Å². The highest BCUT2D eigenvalue weighted by Gasteiger charge is 2.29. The molecule has 1 aromatic rings. The van der Waals surface area contributed by atoms with Crippen molar-refractivity contribution in [2.24, 2.45) is 7.05 Å². The highest BCUT2D eigenvalue weighted by molar-refractivity contribution is 6.31. The molecule has 0 spiro atoms. The first-order valence-corrected chi connectivity index (χ1v) is 5.72. The molecule has 6 heteroatoms. The minimum atomic E-state index is -0.992. The lowest BCUT2D eigenvalue weighted by atomic mass is 9.98. The number of halogens is 1. The van der Waals surface area contributed by atoms with Crippen LogP contribution in [-0.4, -0.2) is 39.4 Å². The molecule has 0 unspecified atom stereocenters. The Morgan fingerprint density at radius 2 is 2.12 bits per heavy atom. The fraction of sp³-hybridized carbons (Fsp3) is 0.545. The zero-order chi connectivity index (χ0) is 13.1. The summed E-state index contributed by atoms with van der Waals surface area (Å²) in [6.07, 6.45) is 2.05. The fourth-order valence-corrected chi connectivity index (χ4v) is 1.75. The van der Waals surface area contributed by atoms with Crippen LogP contribution in [0.3, 0.4) is 0 Å². The number of rotatable bonds is 5. The molecule has 0 aliphatic rings. The van der Waals surface area contributed by atoms with Crippen molar-refractivity contribution in [1.29, 1.82) is 0 Å². The Morgan fingerprint density at radius 1 is 1.53 bits per heavy atom. The van der Waals surface area contributed by atoms with E-state index in [0.717, 1.165) is 0 Å². The molecule has 0 bridgehead atoms. The minimum absolute atomic E-state index is 0.316. The summed E-state index contributed by atoms with van der Waals surface area (Å²) in [6.45, 7) is 1.15. The Kier molecular flexibility index (Phi) is 4.56. The van der Waals surface area contributed by atoms with Crippen LogP contribution in [0.4, 0.5) is 0 Å². The van der Waals surface area contributed by atoms with Crippen LogP contribution in [0, 0.1) is 0 Å². The lowest BCUT2D eigenvalue weighted by Crippen LogP contribution is -2.54.